The number of rotatable bonds is 65. The Kier molecular flexibility index (Phi) is 67.7. The van der Waals surface area contributed by atoms with Gasteiger partial charge in [0.1, 0.15) is 13.2 Å². The Balaban J connectivity index is 4.19. The summed E-state index contributed by atoms with van der Waals surface area (Å²) in [5.74, 6) is -0.874. The third-order valence-electron chi connectivity index (χ3n) is 15.5. The lowest BCUT2D eigenvalue weighted by Crippen LogP contribution is -2.30. The van der Waals surface area contributed by atoms with Crippen LogP contribution in [0.4, 0.5) is 0 Å². The Morgan fingerprint density at radius 3 is 0.783 bits per heavy atom. The molecule has 0 bridgehead atoms. The van der Waals surface area contributed by atoms with Crippen LogP contribution in [0.2, 0.25) is 0 Å². The molecule has 0 aromatic carbocycles. The summed E-state index contributed by atoms with van der Waals surface area (Å²) in [4.78, 5) is 38.4. The van der Waals surface area contributed by atoms with Crippen LogP contribution in [0.5, 0.6) is 0 Å². The molecule has 0 amide bonds. The lowest BCUT2D eigenvalue weighted by Gasteiger charge is -2.18. The molecule has 478 valence electrons. The van der Waals surface area contributed by atoms with Crippen molar-refractivity contribution in [2.24, 2.45) is 0 Å². The maximum Gasteiger partial charge on any atom is 0.306 e. The van der Waals surface area contributed by atoms with Crippen LogP contribution in [0.1, 0.15) is 355 Å². The van der Waals surface area contributed by atoms with Crippen molar-refractivity contribution >= 4 is 17.9 Å². The van der Waals surface area contributed by atoms with E-state index in [1.807, 2.05) is 0 Å². The first-order valence-electron chi connectivity index (χ1n) is 35.7. The number of carbonyl (C=O) groups excluding carboxylic acids is 3. The van der Waals surface area contributed by atoms with Crippen molar-refractivity contribution in [3.63, 3.8) is 0 Å². The molecule has 0 aromatic heterocycles. The second-order valence-corrected chi connectivity index (χ2v) is 23.8. The highest BCUT2D eigenvalue weighted by atomic mass is 16.6. The minimum atomic E-state index is -0.782. The van der Waals surface area contributed by atoms with Gasteiger partial charge in [0.2, 0.25) is 0 Å². The molecule has 0 aliphatic carbocycles. The van der Waals surface area contributed by atoms with E-state index in [1.165, 1.54) is 212 Å². The van der Waals surface area contributed by atoms with E-state index in [0.29, 0.717) is 19.3 Å². The van der Waals surface area contributed by atoms with Crippen molar-refractivity contribution in [3.8, 4) is 0 Å². The molecule has 6 heteroatoms. The minimum Gasteiger partial charge on any atom is -0.462 e. The largest absolute Gasteiger partial charge is 0.462 e. The second kappa shape index (κ2) is 70.8. The van der Waals surface area contributed by atoms with E-state index in [9.17, 15) is 14.4 Å². The first-order valence-corrected chi connectivity index (χ1v) is 35.7. The average Bonchev–Trinajstić information content (AvgIpc) is 3.48. The molecule has 1 atom stereocenters. The summed E-state index contributed by atoms with van der Waals surface area (Å²) >= 11 is 0. The van der Waals surface area contributed by atoms with E-state index >= 15 is 0 Å². The van der Waals surface area contributed by atoms with Crippen molar-refractivity contribution in [3.05, 3.63) is 97.2 Å². The minimum absolute atomic E-state index is 0.0779. The van der Waals surface area contributed by atoms with E-state index in [-0.39, 0.29) is 31.1 Å². The molecule has 0 spiro atoms. The molecule has 0 saturated heterocycles. The van der Waals surface area contributed by atoms with Crippen molar-refractivity contribution < 1.29 is 28.6 Å². The van der Waals surface area contributed by atoms with Gasteiger partial charge in [-0.15, -0.1) is 0 Å². The molecular weight excluding hydrogens is 1020 g/mol. The van der Waals surface area contributed by atoms with Crippen LogP contribution in [0.25, 0.3) is 0 Å². The first-order chi connectivity index (χ1) is 41.0. The number of unbranched alkanes of at least 4 members (excludes halogenated alkanes) is 38. The molecule has 0 radical (unpaired) electrons. The summed E-state index contributed by atoms with van der Waals surface area (Å²) < 4.78 is 17.0. The number of esters is 3. The summed E-state index contributed by atoms with van der Waals surface area (Å²) in [7, 11) is 0. The number of carbonyl (C=O) groups is 3. The molecule has 1 unspecified atom stereocenters. The van der Waals surface area contributed by atoms with Gasteiger partial charge in [-0.3, -0.25) is 14.4 Å². The third kappa shape index (κ3) is 69.0. The first kappa shape index (κ1) is 79.3. The second-order valence-electron chi connectivity index (χ2n) is 23.8. The Morgan fingerprint density at radius 1 is 0.253 bits per heavy atom. The zero-order valence-corrected chi connectivity index (χ0v) is 54.9. The van der Waals surface area contributed by atoms with Gasteiger partial charge in [-0.25, -0.2) is 0 Å². The summed E-state index contributed by atoms with van der Waals surface area (Å²) in [5, 5.41) is 0. The van der Waals surface area contributed by atoms with Gasteiger partial charge in [0.15, 0.2) is 6.10 Å². The maximum absolute atomic E-state index is 12.9. The van der Waals surface area contributed by atoms with E-state index in [4.69, 9.17) is 14.2 Å². The molecule has 0 saturated carbocycles. The highest BCUT2D eigenvalue weighted by molar-refractivity contribution is 5.71. The predicted octanol–water partition coefficient (Wildman–Crippen LogP) is 24.8. The fourth-order valence-corrected chi connectivity index (χ4v) is 10.2. The standard InChI is InChI=1S/C77H134O6/c1-4-7-10-13-16-19-22-24-26-28-30-32-34-35-36-37-38-39-40-41-43-44-46-48-50-52-55-58-61-64-67-70-76(79)82-73-74(72-81-75(78)69-66-63-60-57-54-21-18-15-12-9-6-3)83-77(80)71-68-65-62-59-56-53-51-49-47-45-42-33-31-29-27-25-23-20-17-14-11-8-5-2/h7,10,15-16,18-19,23-26,29-32,35-36,74H,4-6,8-9,11-14,17,20-22,27-28,33-34,37-73H2,1-3H3/b10-7-,18-15-,19-16-,25-23-,26-24-,31-29-,32-30-,36-35-. The maximum atomic E-state index is 12.9. The van der Waals surface area contributed by atoms with Crippen LogP contribution < -0.4 is 0 Å². The van der Waals surface area contributed by atoms with Crippen molar-refractivity contribution in [1.82, 2.24) is 0 Å². The molecule has 0 rings (SSSR count). The van der Waals surface area contributed by atoms with Crippen LogP contribution >= 0.6 is 0 Å². The van der Waals surface area contributed by atoms with E-state index in [1.54, 1.807) is 0 Å². The number of ether oxygens (including phenoxy) is 3. The predicted molar refractivity (Wildman–Crippen MR) is 362 cm³/mol. The lowest BCUT2D eigenvalue weighted by atomic mass is 10.0. The molecular formula is C77H134O6. The summed E-state index contributed by atoms with van der Waals surface area (Å²) in [6.07, 6.45) is 95.9. The van der Waals surface area contributed by atoms with Crippen LogP contribution in [-0.2, 0) is 28.6 Å². The van der Waals surface area contributed by atoms with Gasteiger partial charge in [0.05, 0.1) is 0 Å². The van der Waals surface area contributed by atoms with Crippen molar-refractivity contribution in [2.45, 2.75) is 361 Å². The fourth-order valence-electron chi connectivity index (χ4n) is 10.2. The normalized spacial score (nSPS) is 12.7. The summed E-state index contributed by atoms with van der Waals surface area (Å²) in [5.41, 5.74) is 0. The zero-order valence-electron chi connectivity index (χ0n) is 54.9. The Bertz CT molecular complexity index is 1610. The molecule has 0 aromatic rings. The van der Waals surface area contributed by atoms with Gasteiger partial charge < -0.3 is 14.2 Å². The van der Waals surface area contributed by atoms with Crippen LogP contribution in [0.3, 0.4) is 0 Å². The molecule has 0 fully saturated rings. The van der Waals surface area contributed by atoms with Crippen molar-refractivity contribution in [2.75, 3.05) is 13.2 Å². The van der Waals surface area contributed by atoms with Gasteiger partial charge in [-0.05, 0) is 116 Å². The van der Waals surface area contributed by atoms with Crippen LogP contribution in [-0.4, -0.2) is 37.2 Å². The average molecular weight is 1160 g/mol. The van der Waals surface area contributed by atoms with Crippen LogP contribution in [0.15, 0.2) is 97.2 Å². The number of allylic oxidation sites excluding steroid dienone is 16. The lowest BCUT2D eigenvalue weighted by molar-refractivity contribution is -0.167. The fraction of sp³-hybridized carbons (Fsp3) is 0.753. The number of hydrogen-bond donors (Lipinski definition) is 0. The van der Waals surface area contributed by atoms with Gasteiger partial charge >= 0.3 is 17.9 Å². The molecule has 0 N–H and O–H groups in total. The van der Waals surface area contributed by atoms with E-state index < -0.39 is 6.10 Å². The summed E-state index contributed by atoms with van der Waals surface area (Å²) in [6.45, 7) is 6.51. The van der Waals surface area contributed by atoms with Gasteiger partial charge in [0.25, 0.3) is 0 Å². The number of hydrogen-bond acceptors (Lipinski definition) is 6. The molecule has 0 aliphatic heterocycles. The molecule has 0 heterocycles. The SMILES string of the molecule is CC/C=C\C/C=C\C/C=C\C/C=C\C/C=C\CCCCCCCCCCCCCCCCCC(=O)OCC(COC(=O)CCCCCCC/C=C\CCCC)OC(=O)CCCCCCCCCCCCC/C=C\C/C=C\CCCCCCC. The Hall–Kier alpha value is -3.67. The Labute approximate surface area is 515 Å². The third-order valence-corrected chi connectivity index (χ3v) is 15.5. The smallest absolute Gasteiger partial charge is 0.306 e. The topological polar surface area (TPSA) is 78.9 Å². The van der Waals surface area contributed by atoms with Crippen LogP contribution in [0, 0.1) is 0 Å². The summed E-state index contributed by atoms with van der Waals surface area (Å²) in [6, 6.07) is 0. The Morgan fingerprint density at radius 2 is 0.482 bits per heavy atom. The monoisotopic (exact) mass is 1160 g/mol. The molecule has 6 nitrogen and oxygen atoms in total. The van der Waals surface area contributed by atoms with Gasteiger partial charge in [-0.2, -0.15) is 0 Å². The van der Waals surface area contributed by atoms with E-state index in [2.05, 4.69) is 118 Å². The molecule has 83 heavy (non-hydrogen) atoms. The highest BCUT2D eigenvalue weighted by Gasteiger charge is 2.19. The van der Waals surface area contributed by atoms with Gasteiger partial charge in [-0.1, -0.05) is 317 Å². The van der Waals surface area contributed by atoms with Gasteiger partial charge in [0, 0.05) is 19.3 Å². The zero-order chi connectivity index (χ0) is 59.9. The quantitative estimate of drug-likeness (QED) is 0.0261. The highest BCUT2D eigenvalue weighted by Crippen LogP contribution is 2.17. The molecule has 0 aliphatic rings. The van der Waals surface area contributed by atoms with Crippen molar-refractivity contribution in [1.29, 1.82) is 0 Å². The van der Waals surface area contributed by atoms with E-state index in [0.717, 1.165) is 103 Å².